The number of rotatable bonds is 0. The number of nitrogen functional groups attached to an aromatic ring is 2. The van der Waals surface area contributed by atoms with Gasteiger partial charge in [0.2, 0.25) is 0 Å². The summed E-state index contributed by atoms with van der Waals surface area (Å²) in [6.07, 6.45) is 5.04. The zero-order chi connectivity index (χ0) is 13.7. The van der Waals surface area contributed by atoms with Crippen molar-refractivity contribution in [3.63, 3.8) is 0 Å². The van der Waals surface area contributed by atoms with Crippen LogP contribution < -0.4 is 11.5 Å². The summed E-state index contributed by atoms with van der Waals surface area (Å²) in [6, 6.07) is 7.14. The Labute approximate surface area is 110 Å². The van der Waals surface area contributed by atoms with Crippen molar-refractivity contribution in [2.45, 2.75) is 6.42 Å². The third kappa shape index (κ3) is 3.35. The molecule has 0 atom stereocenters. The molecule has 3 heterocycles. The number of anilines is 2. The SMILES string of the molecule is Nc1cccnc1N.O=C1C=Nc2ncccc2C1. The minimum absolute atomic E-state index is 0.0468. The van der Waals surface area contributed by atoms with Crippen molar-refractivity contribution in [3.05, 3.63) is 42.2 Å². The fourth-order valence-electron chi connectivity index (χ4n) is 1.48. The van der Waals surface area contributed by atoms with E-state index in [1.54, 1.807) is 24.5 Å². The molecule has 0 saturated heterocycles. The minimum atomic E-state index is 0.0468. The Hall–Kier alpha value is -2.76. The smallest absolute Gasteiger partial charge is 0.178 e. The van der Waals surface area contributed by atoms with Crippen molar-refractivity contribution < 1.29 is 4.79 Å². The summed E-state index contributed by atoms with van der Waals surface area (Å²) in [5.74, 6) is 1.12. The Morgan fingerprint density at radius 3 is 2.47 bits per heavy atom. The van der Waals surface area contributed by atoms with E-state index in [0.29, 0.717) is 23.7 Å². The van der Waals surface area contributed by atoms with Gasteiger partial charge in [0.25, 0.3) is 0 Å². The van der Waals surface area contributed by atoms with Crippen LogP contribution in [0.4, 0.5) is 17.3 Å². The number of ketones is 1. The lowest BCUT2D eigenvalue weighted by atomic mass is 10.1. The third-order valence-corrected chi connectivity index (χ3v) is 2.43. The molecule has 0 bridgehead atoms. The van der Waals surface area contributed by atoms with E-state index < -0.39 is 0 Å². The van der Waals surface area contributed by atoms with Crippen LogP contribution in [0, 0.1) is 0 Å². The average Bonchev–Trinajstić information content (AvgIpc) is 2.43. The van der Waals surface area contributed by atoms with Gasteiger partial charge in [-0.05, 0) is 18.2 Å². The van der Waals surface area contributed by atoms with Crippen molar-refractivity contribution >= 4 is 29.3 Å². The van der Waals surface area contributed by atoms with Crippen LogP contribution in [0.2, 0.25) is 0 Å². The molecule has 0 spiro atoms. The lowest BCUT2D eigenvalue weighted by molar-refractivity contribution is -0.112. The van der Waals surface area contributed by atoms with Crippen LogP contribution in [0.3, 0.4) is 0 Å². The molecule has 0 saturated carbocycles. The molecule has 6 nitrogen and oxygen atoms in total. The summed E-state index contributed by atoms with van der Waals surface area (Å²) in [6.45, 7) is 0. The topological polar surface area (TPSA) is 107 Å². The van der Waals surface area contributed by atoms with E-state index in [2.05, 4.69) is 15.0 Å². The highest BCUT2D eigenvalue weighted by molar-refractivity contribution is 6.29. The molecule has 0 radical (unpaired) electrons. The lowest BCUT2D eigenvalue weighted by Crippen LogP contribution is -2.08. The molecule has 2 aromatic rings. The van der Waals surface area contributed by atoms with E-state index in [0.717, 1.165) is 5.56 Å². The van der Waals surface area contributed by atoms with E-state index in [1.807, 2.05) is 12.1 Å². The van der Waals surface area contributed by atoms with Crippen molar-refractivity contribution in [3.8, 4) is 0 Å². The Morgan fingerprint density at radius 2 is 1.79 bits per heavy atom. The van der Waals surface area contributed by atoms with Crippen molar-refractivity contribution in [1.82, 2.24) is 9.97 Å². The molecule has 1 aliphatic heterocycles. The van der Waals surface area contributed by atoms with Gasteiger partial charge >= 0.3 is 0 Å². The predicted octanol–water partition coefficient (Wildman–Crippen LogP) is 1.16. The molecule has 4 N–H and O–H groups in total. The number of Topliss-reactive ketones (excluding diaryl/α,β-unsaturated/α-hetero) is 1. The zero-order valence-corrected chi connectivity index (χ0v) is 10.2. The first-order chi connectivity index (χ1) is 9.16. The first-order valence-corrected chi connectivity index (χ1v) is 5.63. The van der Waals surface area contributed by atoms with Crippen LogP contribution in [0.5, 0.6) is 0 Å². The molecule has 0 fully saturated rings. The van der Waals surface area contributed by atoms with Crippen LogP contribution >= 0.6 is 0 Å². The molecule has 2 aromatic heterocycles. The Kier molecular flexibility index (Phi) is 3.82. The minimum Gasteiger partial charge on any atom is -0.396 e. The van der Waals surface area contributed by atoms with Crippen LogP contribution in [0.1, 0.15) is 5.56 Å². The fourth-order valence-corrected chi connectivity index (χ4v) is 1.48. The summed E-state index contributed by atoms with van der Waals surface area (Å²) in [4.78, 5) is 22.5. The number of carbonyl (C=O) groups excluding carboxylic acids is 1. The van der Waals surface area contributed by atoms with Crippen LogP contribution in [0.25, 0.3) is 0 Å². The maximum absolute atomic E-state index is 10.8. The van der Waals surface area contributed by atoms with Gasteiger partial charge < -0.3 is 11.5 Å². The van der Waals surface area contributed by atoms with Gasteiger partial charge in [-0.15, -0.1) is 0 Å². The van der Waals surface area contributed by atoms with Crippen LogP contribution in [0.15, 0.2) is 41.7 Å². The quantitative estimate of drug-likeness (QED) is 0.734. The van der Waals surface area contributed by atoms with Gasteiger partial charge in [0.1, 0.15) is 5.82 Å². The Morgan fingerprint density at radius 1 is 1.05 bits per heavy atom. The van der Waals surface area contributed by atoms with Gasteiger partial charge in [-0.3, -0.25) is 4.79 Å². The van der Waals surface area contributed by atoms with Gasteiger partial charge in [0.15, 0.2) is 11.6 Å². The van der Waals surface area contributed by atoms with Crippen molar-refractivity contribution in [2.75, 3.05) is 11.5 Å². The number of nitrogens with two attached hydrogens (primary N) is 2. The first kappa shape index (κ1) is 12.7. The van der Waals surface area contributed by atoms with E-state index >= 15 is 0 Å². The second kappa shape index (κ2) is 5.72. The number of pyridine rings is 2. The maximum atomic E-state index is 10.8. The summed E-state index contributed by atoms with van der Waals surface area (Å²) >= 11 is 0. The molecule has 0 amide bonds. The second-order valence-corrected chi connectivity index (χ2v) is 3.87. The second-order valence-electron chi connectivity index (χ2n) is 3.87. The highest BCUT2D eigenvalue weighted by atomic mass is 16.1. The van der Waals surface area contributed by atoms with Crippen molar-refractivity contribution in [1.29, 1.82) is 0 Å². The molecule has 1 aliphatic rings. The first-order valence-electron chi connectivity index (χ1n) is 5.63. The molecule has 0 aliphatic carbocycles. The van der Waals surface area contributed by atoms with Gasteiger partial charge in [0, 0.05) is 24.4 Å². The predicted molar refractivity (Wildman–Crippen MR) is 74.2 cm³/mol. The highest BCUT2D eigenvalue weighted by Gasteiger charge is 2.10. The van der Waals surface area contributed by atoms with E-state index in [1.165, 1.54) is 6.21 Å². The maximum Gasteiger partial charge on any atom is 0.178 e. The molecule has 19 heavy (non-hydrogen) atoms. The van der Waals surface area contributed by atoms with E-state index in [9.17, 15) is 4.79 Å². The standard InChI is InChI=1S/C8H6N2O.C5H7N3/c11-7-4-6-2-1-3-9-8(6)10-5-7;6-4-2-1-3-8-5(4)7/h1-3,5H,4H2;1-3H,6H2,(H2,7,8). The number of carbonyl (C=O) groups is 1. The largest absolute Gasteiger partial charge is 0.396 e. The summed E-state index contributed by atoms with van der Waals surface area (Å²) in [5, 5.41) is 0. The van der Waals surface area contributed by atoms with Crippen LogP contribution in [-0.2, 0) is 11.2 Å². The number of hydrogen-bond acceptors (Lipinski definition) is 6. The average molecular weight is 255 g/mol. The number of aliphatic imine (C=N–C) groups is 1. The van der Waals surface area contributed by atoms with Gasteiger partial charge in [0.05, 0.1) is 11.9 Å². The number of hydrogen-bond donors (Lipinski definition) is 2. The molecule has 96 valence electrons. The number of fused-ring (bicyclic) bond motifs is 1. The summed E-state index contributed by atoms with van der Waals surface area (Å²) in [7, 11) is 0. The fraction of sp³-hybridized carbons (Fsp3) is 0.0769. The van der Waals surface area contributed by atoms with Gasteiger partial charge in [-0.2, -0.15) is 0 Å². The van der Waals surface area contributed by atoms with E-state index in [4.69, 9.17) is 11.5 Å². The summed E-state index contributed by atoms with van der Waals surface area (Å²) < 4.78 is 0. The molecule has 3 rings (SSSR count). The normalized spacial score (nSPS) is 12.3. The Balaban J connectivity index is 0.000000148. The van der Waals surface area contributed by atoms with E-state index in [-0.39, 0.29) is 5.78 Å². The molecular formula is C13H13N5O. The van der Waals surface area contributed by atoms with Crippen LogP contribution in [-0.4, -0.2) is 22.0 Å². The molecule has 0 unspecified atom stereocenters. The molecule has 0 aromatic carbocycles. The van der Waals surface area contributed by atoms with Gasteiger partial charge in [-0.25, -0.2) is 15.0 Å². The summed E-state index contributed by atoms with van der Waals surface area (Å²) in [5.41, 5.74) is 12.1. The zero-order valence-electron chi connectivity index (χ0n) is 10.2. The van der Waals surface area contributed by atoms with Gasteiger partial charge in [-0.1, -0.05) is 6.07 Å². The molecule has 6 heteroatoms. The number of nitrogens with zero attached hydrogens (tertiary/aromatic N) is 3. The van der Waals surface area contributed by atoms with Crippen molar-refractivity contribution in [2.24, 2.45) is 4.99 Å². The number of aromatic nitrogens is 2. The monoisotopic (exact) mass is 255 g/mol. The Bertz CT molecular complexity index is 603. The lowest BCUT2D eigenvalue weighted by Gasteiger charge is -2.05. The third-order valence-electron chi connectivity index (χ3n) is 2.43. The molecular weight excluding hydrogens is 242 g/mol. The highest BCUT2D eigenvalue weighted by Crippen LogP contribution is 2.18.